The summed E-state index contributed by atoms with van der Waals surface area (Å²) < 4.78 is 0. The third-order valence-electron chi connectivity index (χ3n) is 7.54. The van der Waals surface area contributed by atoms with E-state index >= 15 is 0 Å². The molecule has 18 nitrogen and oxygen atoms in total. The summed E-state index contributed by atoms with van der Waals surface area (Å²) in [6, 6.07) is 17.8. The van der Waals surface area contributed by atoms with Gasteiger partial charge in [0.1, 0.15) is 17.1 Å². The first kappa shape index (κ1) is 28.3. The lowest BCUT2D eigenvalue weighted by Gasteiger charge is -2.25. The molecule has 0 bridgehead atoms. The van der Waals surface area contributed by atoms with Crippen LogP contribution < -0.4 is 0 Å². The van der Waals surface area contributed by atoms with Crippen molar-refractivity contribution in [2.24, 2.45) is 0 Å². The van der Waals surface area contributed by atoms with Crippen LogP contribution in [0.3, 0.4) is 0 Å². The van der Waals surface area contributed by atoms with Gasteiger partial charge in [0.25, 0.3) is 0 Å². The van der Waals surface area contributed by atoms with E-state index in [2.05, 4.69) is 76.6 Å². The average molecular weight is 607 g/mol. The molecule has 0 unspecified atom stereocenters. The molecule has 1 fully saturated rings. The Morgan fingerprint density at radius 2 is 0.756 bits per heavy atom. The topological polar surface area (TPSA) is 212 Å². The number of H-pyrrole nitrogens is 3. The molecule has 0 amide bonds. The van der Waals surface area contributed by atoms with E-state index in [0.717, 1.165) is 56.4 Å². The summed E-state index contributed by atoms with van der Waals surface area (Å²) in [6.07, 6.45) is 0. The fourth-order valence-electron chi connectivity index (χ4n) is 5.25. The van der Waals surface area contributed by atoms with E-state index in [1.165, 1.54) is 0 Å². The molecule has 0 aromatic carbocycles. The molecule has 1 aliphatic rings. The molecule has 1 aliphatic heterocycles. The van der Waals surface area contributed by atoms with Crippen molar-refractivity contribution in [3.63, 3.8) is 0 Å². The van der Waals surface area contributed by atoms with Gasteiger partial charge in [0.2, 0.25) is 0 Å². The smallest absolute Gasteiger partial charge is 0.198 e. The van der Waals surface area contributed by atoms with Gasteiger partial charge in [-0.1, -0.05) is 18.2 Å². The zero-order valence-electron chi connectivity index (χ0n) is 24.3. The van der Waals surface area contributed by atoms with E-state index in [-0.39, 0.29) is 0 Å². The Morgan fingerprint density at radius 1 is 0.444 bits per heavy atom. The van der Waals surface area contributed by atoms with Crippen LogP contribution in [0.4, 0.5) is 0 Å². The van der Waals surface area contributed by atoms with Crippen molar-refractivity contribution < 1.29 is 0 Å². The summed E-state index contributed by atoms with van der Waals surface area (Å²) in [5.74, 6) is 1.64. The first-order valence-corrected chi connectivity index (χ1v) is 14.5. The van der Waals surface area contributed by atoms with E-state index in [1.54, 1.807) is 0 Å². The summed E-state index contributed by atoms with van der Waals surface area (Å²) in [4.78, 5) is 21.8. The number of hydrogen-bond acceptors (Lipinski definition) is 15. The molecule has 0 atom stereocenters. The van der Waals surface area contributed by atoms with Crippen molar-refractivity contribution in [1.82, 2.24) is 91.5 Å². The highest BCUT2D eigenvalue weighted by molar-refractivity contribution is 5.48. The second kappa shape index (κ2) is 13.5. The monoisotopic (exact) mass is 606 g/mol. The van der Waals surface area contributed by atoms with Crippen molar-refractivity contribution in [3.8, 4) is 34.6 Å². The molecule has 45 heavy (non-hydrogen) atoms. The molecule has 7 rings (SSSR count). The Morgan fingerprint density at radius 3 is 1.02 bits per heavy atom. The van der Waals surface area contributed by atoms with Crippen molar-refractivity contribution >= 4 is 0 Å². The van der Waals surface area contributed by atoms with Crippen molar-refractivity contribution in [1.29, 1.82) is 0 Å². The van der Waals surface area contributed by atoms with Crippen molar-refractivity contribution in [2.75, 3.05) is 39.3 Å². The summed E-state index contributed by atoms with van der Waals surface area (Å²) in [5, 5.41) is 42.6. The summed E-state index contributed by atoms with van der Waals surface area (Å²) in [7, 11) is 0. The first-order valence-electron chi connectivity index (χ1n) is 14.5. The third kappa shape index (κ3) is 7.20. The molecule has 6 aromatic heterocycles. The molecule has 1 saturated heterocycles. The minimum absolute atomic E-state index is 0.547. The lowest BCUT2D eigenvalue weighted by molar-refractivity contribution is 0.207. The largest absolute Gasteiger partial charge is 0.295 e. The Hall–Kier alpha value is -5.46. The number of aromatic amines is 3. The number of aromatic nitrogens is 15. The Bertz CT molecular complexity index is 1550. The second-order valence-corrected chi connectivity index (χ2v) is 10.6. The van der Waals surface area contributed by atoms with Gasteiger partial charge in [0.05, 0.1) is 17.1 Å². The highest BCUT2D eigenvalue weighted by Crippen LogP contribution is 2.16. The lowest BCUT2D eigenvalue weighted by Crippen LogP contribution is -2.35. The average Bonchev–Trinajstić information content (AvgIpc) is 3.89. The Labute approximate surface area is 256 Å². The molecule has 7 heterocycles. The van der Waals surface area contributed by atoms with Gasteiger partial charge in [-0.15, -0.1) is 15.3 Å². The fraction of sp³-hybridized carbons (Fsp3) is 0.333. The molecule has 0 saturated carbocycles. The molecule has 0 spiro atoms. The molecule has 228 valence electrons. The number of rotatable bonds is 9. The number of nitrogens with one attached hydrogen (secondary N) is 3. The van der Waals surface area contributed by atoms with Gasteiger partial charge in [-0.05, 0) is 67.7 Å². The molecule has 3 N–H and O–H groups in total. The van der Waals surface area contributed by atoms with Gasteiger partial charge in [-0.3, -0.25) is 14.7 Å². The van der Waals surface area contributed by atoms with E-state index in [1.807, 2.05) is 54.6 Å². The van der Waals surface area contributed by atoms with Gasteiger partial charge < -0.3 is 0 Å². The normalized spacial score (nSPS) is 15.5. The summed E-state index contributed by atoms with van der Waals surface area (Å²) in [5.41, 5.74) is 4.99. The van der Waals surface area contributed by atoms with E-state index in [9.17, 15) is 0 Å². The maximum atomic E-state index is 4.83. The molecular formula is C27H30N18. The Balaban J connectivity index is 1.10. The quantitative estimate of drug-likeness (QED) is 0.201. The van der Waals surface area contributed by atoms with Gasteiger partial charge >= 0.3 is 0 Å². The minimum atomic E-state index is 0.547. The zero-order chi connectivity index (χ0) is 30.3. The lowest BCUT2D eigenvalue weighted by atomic mass is 10.2. The molecular weight excluding hydrogens is 576 g/mol. The van der Waals surface area contributed by atoms with Crippen LogP contribution in [0, 0.1) is 0 Å². The molecule has 0 radical (unpaired) electrons. The SMILES string of the molecule is c1cc(CN2CCN(Cc3cccc(-c4nnn[nH]4)n3)CCN(Cc3cccc(-c4nnn[nH]4)n3)CC2)nc(-c2nnn[nH]2)c1. The second-order valence-electron chi connectivity index (χ2n) is 10.6. The van der Waals surface area contributed by atoms with E-state index in [4.69, 9.17) is 15.0 Å². The van der Waals surface area contributed by atoms with Crippen LogP contribution in [0.15, 0.2) is 54.6 Å². The summed E-state index contributed by atoms with van der Waals surface area (Å²) >= 11 is 0. The van der Waals surface area contributed by atoms with Crippen LogP contribution in [0.25, 0.3) is 34.6 Å². The number of pyridine rings is 3. The highest BCUT2D eigenvalue weighted by Gasteiger charge is 2.19. The van der Waals surface area contributed by atoms with Crippen molar-refractivity contribution in [2.45, 2.75) is 19.6 Å². The minimum Gasteiger partial charge on any atom is -0.295 e. The van der Waals surface area contributed by atoms with E-state index < -0.39 is 0 Å². The van der Waals surface area contributed by atoms with Crippen LogP contribution in [0.5, 0.6) is 0 Å². The van der Waals surface area contributed by atoms with Crippen LogP contribution >= 0.6 is 0 Å². The number of nitrogens with zero attached hydrogens (tertiary/aromatic N) is 15. The predicted molar refractivity (Wildman–Crippen MR) is 158 cm³/mol. The maximum Gasteiger partial charge on any atom is 0.198 e. The van der Waals surface area contributed by atoms with Crippen molar-refractivity contribution in [3.05, 3.63) is 71.7 Å². The molecule has 18 heteroatoms. The first-order chi connectivity index (χ1) is 22.2. The maximum absolute atomic E-state index is 4.83. The molecule has 0 aliphatic carbocycles. The van der Waals surface area contributed by atoms with Gasteiger partial charge in [0, 0.05) is 58.9 Å². The fourth-order valence-corrected chi connectivity index (χ4v) is 5.25. The number of tetrazole rings is 3. The zero-order valence-corrected chi connectivity index (χ0v) is 24.3. The highest BCUT2D eigenvalue weighted by atomic mass is 15.5. The van der Waals surface area contributed by atoms with Gasteiger partial charge in [0.15, 0.2) is 17.5 Å². The Kier molecular flexibility index (Phi) is 8.47. The van der Waals surface area contributed by atoms with Crippen LogP contribution in [-0.2, 0) is 19.6 Å². The summed E-state index contributed by atoms with van der Waals surface area (Å²) in [6.45, 7) is 7.25. The number of hydrogen-bond donors (Lipinski definition) is 3. The van der Waals surface area contributed by atoms with Gasteiger partial charge in [-0.2, -0.15) is 0 Å². The van der Waals surface area contributed by atoms with Crippen LogP contribution in [0.2, 0.25) is 0 Å². The molecule has 6 aromatic rings. The predicted octanol–water partition coefficient (Wildman–Crippen LogP) is 0.232. The van der Waals surface area contributed by atoms with Crippen LogP contribution in [-0.4, -0.2) is 131 Å². The van der Waals surface area contributed by atoms with Crippen LogP contribution in [0.1, 0.15) is 17.1 Å². The van der Waals surface area contributed by atoms with Gasteiger partial charge in [-0.25, -0.2) is 30.2 Å². The standard InChI is InChI=1S/C27H30N18/c1-4-19(28-22(7-1)25-31-37-38-32-25)16-43-10-12-44(17-20-5-2-8-23(29-20)26-33-39-40-34-26)14-15-45(13-11-43)18-21-6-3-9-24(30-21)27-35-41-42-36-27/h1-9H,10-18H2,(H,31,32,37,38)(H,33,34,39,40)(H,35,36,41,42). The third-order valence-corrected chi connectivity index (χ3v) is 7.54. The van der Waals surface area contributed by atoms with E-state index in [0.29, 0.717) is 54.2 Å².